The highest BCUT2D eigenvalue weighted by Crippen LogP contribution is 2.26. The van der Waals surface area contributed by atoms with E-state index in [1.54, 1.807) is 6.20 Å². The van der Waals surface area contributed by atoms with E-state index in [0.29, 0.717) is 11.6 Å². The molecule has 5 heteroatoms. The maximum absolute atomic E-state index is 5.88. The second-order valence-electron chi connectivity index (χ2n) is 2.95. The summed E-state index contributed by atoms with van der Waals surface area (Å²) in [6.45, 7) is 0.582. The van der Waals surface area contributed by atoms with Crippen molar-refractivity contribution in [3.8, 4) is 0 Å². The van der Waals surface area contributed by atoms with E-state index in [0.717, 1.165) is 15.9 Å². The quantitative estimate of drug-likeness (QED) is 0.935. The third-order valence-electron chi connectivity index (χ3n) is 1.86. The van der Waals surface area contributed by atoms with Gasteiger partial charge in [0, 0.05) is 9.50 Å². The number of halogens is 2. The Balaban J connectivity index is 2.07. The molecular formula is C10H8BrClN2O. The van der Waals surface area contributed by atoms with E-state index < -0.39 is 0 Å². The SMILES string of the molecule is Clc1ccc(Br)c(NCc2cnco2)c1. The Kier molecular flexibility index (Phi) is 3.28. The van der Waals surface area contributed by atoms with Gasteiger partial charge in [-0.1, -0.05) is 11.6 Å². The summed E-state index contributed by atoms with van der Waals surface area (Å²) in [7, 11) is 0. The van der Waals surface area contributed by atoms with E-state index >= 15 is 0 Å². The van der Waals surface area contributed by atoms with Gasteiger partial charge in [-0.05, 0) is 34.1 Å². The van der Waals surface area contributed by atoms with Gasteiger partial charge in [-0.2, -0.15) is 0 Å². The summed E-state index contributed by atoms with van der Waals surface area (Å²) in [6, 6.07) is 5.57. The lowest BCUT2D eigenvalue weighted by atomic mass is 10.3. The number of anilines is 1. The van der Waals surface area contributed by atoms with Gasteiger partial charge in [0.05, 0.1) is 18.4 Å². The van der Waals surface area contributed by atoms with Crippen LogP contribution >= 0.6 is 27.5 Å². The summed E-state index contributed by atoms with van der Waals surface area (Å²) in [5, 5.41) is 3.88. The van der Waals surface area contributed by atoms with Crippen LogP contribution in [-0.4, -0.2) is 4.98 Å². The molecule has 0 spiro atoms. The topological polar surface area (TPSA) is 38.1 Å². The molecule has 1 aromatic heterocycles. The van der Waals surface area contributed by atoms with E-state index in [-0.39, 0.29) is 0 Å². The van der Waals surface area contributed by atoms with Gasteiger partial charge >= 0.3 is 0 Å². The number of benzene rings is 1. The van der Waals surface area contributed by atoms with Crippen molar-refractivity contribution in [2.45, 2.75) is 6.54 Å². The first-order valence-electron chi connectivity index (χ1n) is 4.32. The van der Waals surface area contributed by atoms with Crippen LogP contribution in [0.4, 0.5) is 5.69 Å². The van der Waals surface area contributed by atoms with E-state index in [1.165, 1.54) is 6.39 Å². The highest BCUT2D eigenvalue weighted by molar-refractivity contribution is 9.10. The minimum Gasteiger partial charge on any atom is -0.447 e. The van der Waals surface area contributed by atoms with Gasteiger partial charge in [0.2, 0.25) is 0 Å². The Hall–Kier alpha value is -1.00. The van der Waals surface area contributed by atoms with Crippen molar-refractivity contribution < 1.29 is 4.42 Å². The first kappa shape index (κ1) is 10.5. The van der Waals surface area contributed by atoms with Crippen molar-refractivity contribution in [3.05, 3.63) is 46.0 Å². The monoisotopic (exact) mass is 286 g/mol. The second kappa shape index (κ2) is 4.68. The molecular weight excluding hydrogens is 279 g/mol. The van der Waals surface area contributed by atoms with Crippen LogP contribution < -0.4 is 5.32 Å². The lowest BCUT2D eigenvalue weighted by Gasteiger charge is -2.06. The molecule has 0 aliphatic carbocycles. The molecule has 0 radical (unpaired) electrons. The summed E-state index contributed by atoms with van der Waals surface area (Å²) >= 11 is 9.31. The Morgan fingerprint density at radius 1 is 1.47 bits per heavy atom. The van der Waals surface area contributed by atoms with Crippen molar-refractivity contribution in [2.75, 3.05) is 5.32 Å². The van der Waals surface area contributed by atoms with Crippen LogP contribution in [0.2, 0.25) is 5.02 Å². The molecule has 15 heavy (non-hydrogen) atoms. The standard InChI is InChI=1S/C10H8BrClN2O/c11-9-2-1-7(12)3-10(9)14-5-8-4-13-6-15-8/h1-4,6,14H,5H2. The molecule has 0 aliphatic rings. The maximum Gasteiger partial charge on any atom is 0.180 e. The summed E-state index contributed by atoms with van der Waals surface area (Å²) in [5.74, 6) is 0.780. The number of nitrogens with one attached hydrogen (secondary N) is 1. The summed E-state index contributed by atoms with van der Waals surface area (Å²) < 4.78 is 6.07. The third-order valence-corrected chi connectivity index (χ3v) is 2.79. The molecule has 0 saturated heterocycles. The van der Waals surface area contributed by atoms with Crippen LogP contribution in [0.25, 0.3) is 0 Å². The number of hydrogen-bond donors (Lipinski definition) is 1. The molecule has 2 aromatic rings. The first-order valence-corrected chi connectivity index (χ1v) is 5.49. The van der Waals surface area contributed by atoms with Crippen molar-refractivity contribution in [3.63, 3.8) is 0 Å². The van der Waals surface area contributed by atoms with Crippen molar-refractivity contribution >= 4 is 33.2 Å². The molecule has 0 amide bonds. The van der Waals surface area contributed by atoms with Crippen molar-refractivity contribution in [1.29, 1.82) is 0 Å². The van der Waals surface area contributed by atoms with Gasteiger partial charge in [0.15, 0.2) is 6.39 Å². The zero-order valence-corrected chi connectivity index (χ0v) is 10.0. The minimum absolute atomic E-state index is 0.582. The number of hydrogen-bond acceptors (Lipinski definition) is 3. The first-order chi connectivity index (χ1) is 7.25. The second-order valence-corrected chi connectivity index (χ2v) is 4.24. The molecule has 0 saturated carbocycles. The molecule has 1 aromatic carbocycles. The fourth-order valence-electron chi connectivity index (χ4n) is 1.14. The fraction of sp³-hybridized carbons (Fsp3) is 0.100. The molecule has 0 bridgehead atoms. The average Bonchev–Trinajstić information content (AvgIpc) is 2.72. The predicted octanol–water partition coefficient (Wildman–Crippen LogP) is 3.70. The smallest absolute Gasteiger partial charge is 0.180 e. The van der Waals surface area contributed by atoms with Crippen LogP contribution in [0.15, 0.2) is 39.7 Å². The highest BCUT2D eigenvalue weighted by Gasteiger charge is 2.01. The molecule has 1 heterocycles. The van der Waals surface area contributed by atoms with Crippen LogP contribution in [0.5, 0.6) is 0 Å². The lowest BCUT2D eigenvalue weighted by Crippen LogP contribution is -1.98. The molecule has 0 unspecified atom stereocenters. The molecule has 2 rings (SSSR count). The number of aromatic nitrogens is 1. The lowest BCUT2D eigenvalue weighted by molar-refractivity contribution is 0.511. The van der Waals surface area contributed by atoms with Crippen LogP contribution in [-0.2, 0) is 6.54 Å². The zero-order valence-electron chi connectivity index (χ0n) is 7.71. The Morgan fingerprint density at radius 3 is 3.07 bits per heavy atom. The summed E-state index contributed by atoms with van der Waals surface area (Å²) in [4.78, 5) is 3.83. The molecule has 0 fully saturated rings. The van der Waals surface area contributed by atoms with Gasteiger partial charge in [-0.25, -0.2) is 4.98 Å². The molecule has 1 N–H and O–H groups in total. The summed E-state index contributed by atoms with van der Waals surface area (Å²) in [5.41, 5.74) is 0.930. The number of rotatable bonds is 3. The number of oxazole rings is 1. The van der Waals surface area contributed by atoms with Gasteiger partial charge < -0.3 is 9.73 Å². The Bertz CT molecular complexity index is 445. The van der Waals surface area contributed by atoms with Gasteiger partial charge in [-0.3, -0.25) is 0 Å². The molecule has 0 atom stereocenters. The summed E-state index contributed by atoms with van der Waals surface area (Å²) in [6.07, 6.45) is 3.08. The highest BCUT2D eigenvalue weighted by atomic mass is 79.9. The van der Waals surface area contributed by atoms with E-state index in [9.17, 15) is 0 Å². The zero-order chi connectivity index (χ0) is 10.7. The average molecular weight is 288 g/mol. The van der Waals surface area contributed by atoms with E-state index in [4.69, 9.17) is 16.0 Å². The molecule has 3 nitrogen and oxygen atoms in total. The van der Waals surface area contributed by atoms with Crippen molar-refractivity contribution in [2.24, 2.45) is 0 Å². The maximum atomic E-state index is 5.88. The van der Waals surface area contributed by atoms with Crippen LogP contribution in [0.3, 0.4) is 0 Å². The Labute approximate surface area is 101 Å². The molecule has 78 valence electrons. The molecule has 0 aliphatic heterocycles. The number of nitrogens with zero attached hydrogens (tertiary/aromatic N) is 1. The van der Waals surface area contributed by atoms with E-state index in [2.05, 4.69) is 26.2 Å². The largest absolute Gasteiger partial charge is 0.447 e. The van der Waals surface area contributed by atoms with Gasteiger partial charge in [0.1, 0.15) is 5.76 Å². The minimum atomic E-state index is 0.582. The predicted molar refractivity (Wildman–Crippen MR) is 63.0 cm³/mol. The normalized spacial score (nSPS) is 10.3. The van der Waals surface area contributed by atoms with Crippen molar-refractivity contribution in [1.82, 2.24) is 4.98 Å². The van der Waals surface area contributed by atoms with Gasteiger partial charge in [-0.15, -0.1) is 0 Å². The fourth-order valence-corrected chi connectivity index (χ4v) is 1.70. The van der Waals surface area contributed by atoms with Crippen LogP contribution in [0.1, 0.15) is 5.76 Å². The van der Waals surface area contributed by atoms with E-state index in [1.807, 2.05) is 18.2 Å². The van der Waals surface area contributed by atoms with Crippen LogP contribution in [0, 0.1) is 0 Å². The Morgan fingerprint density at radius 2 is 2.33 bits per heavy atom. The van der Waals surface area contributed by atoms with Gasteiger partial charge in [0.25, 0.3) is 0 Å². The third kappa shape index (κ3) is 2.73.